The number of anilines is 1. The predicted molar refractivity (Wildman–Crippen MR) is 114 cm³/mol. The van der Waals surface area contributed by atoms with Crippen molar-refractivity contribution < 1.29 is 18.1 Å². The maximum atomic E-state index is 14.8. The molecule has 0 unspecified atom stereocenters. The van der Waals surface area contributed by atoms with Crippen LogP contribution in [-0.4, -0.2) is 37.1 Å². The summed E-state index contributed by atoms with van der Waals surface area (Å²) >= 11 is 0. The number of halogens is 2. The summed E-state index contributed by atoms with van der Waals surface area (Å²) in [6.07, 6.45) is 3.21. The molecule has 0 saturated carbocycles. The van der Waals surface area contributed by atoms with Crippen LogP contribution in [0.25, 0.3) is 11.0 Å². The number of Topliss-reactive ketones (excluding diaryl/α,β-unsaturated/α-hetero) is 1. The fraction of sp³-hybridized carbons (Fsp3) is 0.417. The van der Waals surface area contributed by atoms with Gasteiger partial charge in [0.25, 0.3) is 0 Å². The Hall–Kier alpha value is -2.80. The average molecular weight is 425 g/mol. The number of rotatable bonds is 4. The van der Waals surface area contributed by atoms with Gasteiger partial charge in [0.15, 0.2) is 11.4 Å². The van der Waals surface area contributed by atoms with E-state index in [0.717, 1.165) is 68.6 Å². The van der Waals surface area contributed by atoms with Crippen molar-refractivity contribution >= 4 is 22.4 Å². The molecule has 0 amide bonds. The highest BCUT2D eigenvalue weighted by Gasteiger charge is 2.27. The number of hydrogen-bond acceptors (Lipinski definition) is 5. The van der Waals surface area contributed by atoms with Crippen LogP contribution in [0.5, 0.6) is 0 Å². The Morgan fingerprint density at radius 1 is 1.03 bits per heavy atom. The van der Waals surface area contributed by atoms with Gasteiger partial charge in [0.2, 0.25) is 0 Å². The van der Waals surface area contributed by atoms with Gasteiger partial charge in [0.1, 0.15) is 11.6 Å². The zero-order chi connectivity index (χ0) is 21.4. The number of nitrogens with one attached hydrogen (secondary N) is 1. The van der Waals surface area contributed by atoms with Gasteiger partial charge >= 0.3 is 0 Å². The molecule has 1 N–H and O–H groups in total. The molecule has 0 spiro atoms. The van der Waals surface area contributed by atoms with Crippen molar-refractivity contribution in [2.75, 3.05) is 31.1 Å². The average Bonchev–Trinajstić information content (AvgIpc) is 3.22. The zero-order valence-electron chi connectivity index (χ0n) is 17.2. The molecule has 0 aliphatic carbocycles. The molecule has 2 aromatic carbocycles. The third kappa shape index (κ3) is 3.94. The topological polar surface area (TPSA) is 58.4 Å². The van der Waals surface area contributed by atoms with Crippen LogP contribution in [0.2, 0.25) is 0 Å². The summed E-state index contributed by atoms with van der Waals surface area (Å²) < 4.78 is 33.5. The summed E-state index contributed by atoms with van der Waals surface area (Å²) in [6, 6.07) is 9.48. The van der Waals surface area contributed by atoms with Gasteiger partial charge in [-0.05, 0) is 69.1 Å². The molecule has 2 saturated heterocycles. The molecule has 0 radical (unpaired) electrons. The third-order valence-corrected chi connectivity index (χ3v) is 6.64. The summed E-state index contributed by atoms with van der Waals surface area (Å²) in [7, 11) is 0. The van der Waals surface area contributed by atoms with E-state index in [1.54, 1.807) is 12.1 Å². The fourth-order valence-electron chi connectivity index (χ4n) is 4.84. The quantitative estimate of drug-likeness (QED) is 0.616. The number of benzene rings is 2. The number of piperidine rings is 2. The van der Waals surface area contributed by atoms with E-state index in [2.05, 4.69) is 15.4 Å². The summed E-state index contributed by atoms with van der Waals surface area (Å²) in [6.45, 7) is 3.12. The lowest BCUT2D eigenvalue weighted by atomic mass is 9.89. The van der Waals surface area contributed by atoms with Crippen LogP contribution in [0.4, 0.5) is 14.5 Å². The zero-order valence-corrected chi connectivity index (χ0v) is 17.2. The Morgan fingerprint density at radius 3 is 2.55 bits per heavy atom. The molecule has 1 aromatic heterocycles. The highest BCUT2D eigenvalue weighted by Crippen LogP contribution is 2.34. The number of hydrogen-bond donors (Lipinski definition) is 1. The minimum atomic E-state index is -0.437. The summed E-state index contributed by atoms with van der Waals surface area (Å²) in [5.74, 6) is -0.739. The Bertz CT molecular complexity index is 1100. The largest absolute Gasteiger partial charge is 0.371 e. The van der Waals surface area contributed by atoms with Gasteiger partial charge in [-0.25, -0.2) is 8.78 Å². The molecule has 5 rings (SSSR count). The monoisotopic (exact) mass is 425 g/mol. The Morgan fingerprint density at radius 2 is 1.81 bits per heavy atom. The van der Waals surface area contributed by atoms with E-state index in [4.69, 9.17) is 4.52 Å². The summed E-state index contributed by atoms with van der Waals surface area (Å²) in [4.78, 5) is 14.8. The van der Waals surface area contributed by atoms with Gasteiger partial charge in [-0.15, -0.1) is 0 Å². The lowest BCUT2D eigenvalue weighted by Crippen LogP contribution is -2.33. The van der Waals surface area contributed by atoms with Crippen LogP contribution >= 0.6 is 0 Å². The van der Waals surface area contributed by atoms with Gasteiger partial charge < -0.3 is 14.7 Å². The van der Waals surface area contributed by atoms with Crippen LogP contribution in [0.1, 0.15) is 47.7 Å². The Kier molecular flexibility index (Phi) is 5.44. The molecule has 0 bridgehead atoms. The fourth-order valence-corrected chi connectivity index (χ4v) is 4.84. The van der Waals surface area contributed by atoms with Gasteiger partial charge in [-0.2, -0.15) is 0 Å². The number of carbonyl (C=O) groups is 1. The molecule has 5 nitrogen and oxygen atoms in total. The van der Waals surface area contributed by atoms with E-state index in [0.29, 0.717) is 5.58 Å². The SMILES string of the molecule is O=C(c1ccc(N2CCC(c3noc4cc(F)ccc34)CC2)cc1F)C1CCNCC1. The van der Waals surface area contributed by atoms with Crippen molar-refractivity contribution in [2.45, 2.75) is 31.6 Å². The van der Waals surface area contributed by atoms with Crippen LogP contribution in [0.3, 0.4) is 0 Å². The molecular weight excluding hydrogens is 400 g/mol. The van der Waals surface area contributed by atoms with Crippen molar-refractivity contribution in [3.05, 3.63) is 59.3 Å². The normalized spacial score (nSPS) is 18.6. The lowest BCUT2D eigenvalue weighted by Gasteiger charge is -2.33. The first-order chi connectivity index (χ1) is 15.1. The molecule has 2 aliphatic rings. The van der Waals surface area contributed by atoms with E-state index in [1.165, 1.54) is 18.2 Å². The molecule has 0 atom stereocenters. The van der Waals surface area contributed by atoms with Gasteiger partial charge in [0, 0.05) is 42.1 Å². The van der Waals surface area contributed by atoms with E-state index in [-0.39, 0.29) is 29.0 Å². The molecule has 7 heteroatoms. The predicted octanol–water partition coefficient (Wildman–Crippen LogP) is 4.67. The van der Waals surface area contributed by atoms with E-state index in [1.807, 2.05) is 6.07 Å². The second kappa shape index (κ2) is 8.38. The second-order valence-corrected chi connectivity index (χ2v) is 8.52. The van der Waals surface area contributed by atoms with E-state index >= 15 is 0 Å². The number of nitrogens with zero attached hydrogens (tertiary/aromatic N) is 2. The molecular formula is C24H25F2N3O2. The van der Waals surface area contributed by atoms with Crippen molar-refractivity contribution in [1.82, 2.24) is 10.5 Å². The first-order valence-electron chi connectivity index (χ1n) is 10.9. The van der Waals surface area contributed by atoms with Crippen molar-refractivity contribution in [1.29, 1.82) is 0 Å². The Labute approximate surface area is 179 Å². The first kappa shape index (κ1) is 20.1. The maximum Gasteiger partial charge on any atom is 0.170 e. The minimum absolute atomic E-state index is 0.0846. The molecule has 3 heterocycles. The van der Waals surface area contributed by atoms with Crippen molar-refractivity contribution in [3.8, 4) is 0 Å². The van der Waals surface area contributed by atoms with Gasteiger partial charge in [0.05, 0.1) is 11.3 Å². The van der Waals surface area contributed by atoms with E-state index < -0.39 is 5.82 Å². The lowest BCUT2D eigenvalue weighted by molar-refractivity contribution is 0.0891. The molecule has 162 valence electrons. The van der Waals surface area contributed by atoms with Crippen molar-refractivity contribution in [3.63, 3.8) is 0 Å². The highest BCUT2D eigenvalue weighted by atomic mass is 19.1. The number of aromatic nitrogens is 1. The maximum absolute atomic E-state index is 14.8. The highest BCUT2D eigenvalue weighted by molar-refractivity contribution is 5.98. The second-order valence-electron chi connectivity index (χ2n) is 8.52. The molecule has 3 aromatic rings. The first-order valence-corrected chi connectivity index (χ1v) is 10.9. The number of carbonyl (C=O) groups excluding carboxylic acids is 1. The van der Waals surface area contributed by atoms with Crippen molar-refractivity contribution in [2.24, 2.45) is 5.92 Å². The van der Waals surface area contributed by atoms with Gasteiger partial charge in [-0.1, -0.05) is 5.16 Å². The van der Waals surface area contributed by atoms with Gasteiger partial charge in [-0.3, -0.25) is 4.79 Å². The summed E-state index contributed by atoms with van der Waals surface area (Å²) in [5.41, 5.74) is 2.33. The minimum Gasteiger partial charge on any atom is -0.371 e. The van der Waals surface area contributed by atoms with Crippen LogP contribution < -0.4 is 10.2 Å². The summed E-state index contributed by atoms with van der Waals surface area (Å²) in [5, 5.41) is 8.27. The molecule has 2 aliphatic heterocycles. The third-order valence-electron chi connectivity index (χ3n) is 6.64. The van der Waals surface area contributed by atoms with Crippen LogP contribution in [0, 0.1) is 17.6 Å². The number of fused-ring (bicyclic) bond motifs is 1. The Balaban J connectivity index is 1.27. The van der Waals surface area contributed by atoms with Crippen LogP contribution in [-0.2, 0) is 0 Å². The molecule has 2 fully saturated rings. The van der Waals surface area contributed by atoms with E-state index in [9.17, 15) is 13.6 Å². The molecule has 31 heavy (non-hydrogen) atoms. The van der Waals surface area contributed by atoms with Crippen LogP contribution in [0.15, 0.2) is 40.9 Å². The number of ketones is 1. The smallest absolute Gasteiger partial charge is 0.170 e. The standard InChI is InChI=1S/C24H25F2N3O2/c25-17-1-3-20-22(13-17)31-28-23(20)15-7-11-29(12-8-15)18-2-4-19(21(26)14-18)24(30)16-5-9-27-10-6-16/h1-4,13-16,27H,5-12H2.